The summed E-state index contributed by atoms with van der Waals surface area (Å²) >= 11 is 0. The van der Waals surface area contributed by atoms with E-state index in [0.717, 1.165) is 6.42 Å². The van der Waals surface area contributed by atoms with Crippen LogP contribution in [-0.4, -0.2) is 5.97 Å². The molecule has 180 valence electrons. The molecule has 0 bridgehead atoms. The van der Waals surface area contributed by atoms with E-state index in [1.807, 2.05) is 24.3 Å². The number of benzene rings is 2. The highest BCUT2D eigenvalue weighted by molar-refractivity contribution is 5.91. The molecule has 1 aliphatic rings. The van der Waals surface area contributed by atoms with Gasteiger partial charge in [0.1, 0.15) is 5.75 Å². The normalized spacial score (nSPS) is 15.3. The first-order chi connectivity index (χ1) is 16.2. The van der Waals surface area contributed by atoms with Crippen molar-refractivity contribution < 1.29 is 9.53 Å². The lowest BCUT2D eigenvalue weighted by molar-refractivity contribution is 0.0734. The fourth-order valence-corrected chi connectivity index (χ4v) is 5.41. The molecule has 0 N–H and O–H groups in total. The number of aryl methyl sites for hydroxylation is 1. The second kappa shape index (κ2) is 13.6. The van der Waals surface area contributed by atoms with Crippen LogP contribution in [-0.2, 0) is 11.8 Å². The second-order valence-electron chi connectivity index (χ2n) is 10.1. The van der Waals surface area contributed by atoms with Gasteiger partial charge in [-0.25, -0.2) is 4.79 Å². The van der Waals surface area contributed by atoms with Crippen molar-refractivity contribution in [2.45, 2.75) is 116 Å². The first kappa shape index (κ1) is 25.5. The zero-order valence-corrected chi connectivity index (χ0v) is 21.0. The summed E-state index contributed by atoms with van der Waals surface area (Å²) < 4.78 is 5.70. The van der Waals surface area contributed by atoms with Gasteiger partial charge in [-0.05, 0) is 72.9 Å². The van der Waals surface area contributed by atoms with Gasteiger partial charge in [0.25, 0.3) is 0 Å². The van der Waals surface area contributed by atoms with Crippen molar-refractivity contribution in [2.75, 3.05) is 0 Å². The van der Waals surface area contributed by atoms with Crippen LogP contribution in [0.2, 0.25) is 0 Å². The van der Waals surface area contributed by atoms with Gasteiger partial charge in [0.15, 0.2) is 0 Å². The highest BCUT2D eigenvalue weighted by Crippen LogP contribution is 2.43. The Morgan fingerprint density at radius 2 is 1.39 bits per heavy atom. The van der Waals surface area contributed by atoms with Crippen LogP contribution in [0.25, 0.3) is 0 Å². The van der Waals surface area contributed by atoms with Crippen molar-refractivity contribution in [1.29, 1.82) is 0 Å². The van der Waals surface area contributed by atoms with Crippen LogP contribution < -0.4 is 4.74 Å². The van der Waals surface area contributed by atoms with E-state index in [-0.39, 0.29) is 5.97 Å². The summed E-state index contributed by atoms with van der Waals surface area (Å²) in [5.74, 6) is 0.371. The molecule has 0 unspecified atom stereocenters. The number of carbonyl (C=O) groups excluding carboxylic acids is 1. The third kappa shape index (κ3) is 7.73. The van der Waals surface area contributed by atoms with Crippen LogP contribution >= 0.6 is 0 Å². The molecule has 0 heterocycles. The Hall–Kier alpha value is -2.09. The van der Waals surface area contributed by atoms with Crippen molar-refractivity contribution in [1.82, 2.24) is 0 Å². The fourth-order valence-electron chi connectivity index (χ4n) is 5.41. The molecule has 0 amide bonds. The maximum Gasteiger partial charge on any atom is 0.343 e. The van der Waals surface area contributed by atoms with Crippen LogP contribution in [0.1, 0.15) is 125 Å². The van der Waals surface area contributed by atoms with Crippen molar-refractivity contribution in [2.24, 2.45) is 0 Å². The molecule has 33 heavy (non-hydrogen) atoms. The number of hydrogen-bond acceptors (Lipinski definition) is 2. The van der Waals surface area contributed by atoms with Crippen LogP contribution in [0.15, 0.2) is 48.5 Å². The van der Waals surface area contributed by atoms with Crippen molar-refractivity contribution in [3.8, 4) is 5.75 Å². The molecule has 1 aliphatic carbocycles. The lowest BCUT2D eigenvalue weighted by atomic mass is 9.66. The number of esters is 1. The predicted molar refractivity (Wildman–Crippen MR) is 139 cm³/mol. The summed E-state index contributed by atoms with van der Waals surface area (Å²) in [5, 5.41) is 0. The van der Waals surface area contributed by atoms with E-state index in [4.69, 9.17) is 4.74 Å². The third-order valence-electron chi connectivity index (χ3n) is 7.51. The van der Waals surface area contributed by atoms with Gasteiger partial charge in [0.05, 0.1) is 5.56 Å². The Bertz CT molecular complexity index is 813. The molecule has 2 heteroatoms. The van der Waals surface area contributed by atoms with Gasteiger partial charge in [-0.15, -0.1) is 0 Å². The minimum atomic E-state index is -0.271. The molecule has 1 fully saturated rings. The Morgan fingerprint density at radius 1 is 0.758 bits per heavy atom. The summed E-state index contributed by atoms with van der Waals surface area (Å²) in [4.78, 5) is 12.7. The Labute approximate surface area is 202 Å². The monoisotopic (exact) mass is 448 g/mol. The largest absolute Gasteiger partial charge is 0.423 e. The molecule has 0 radical (unpaired) electrons. The number of unbranched alkanes of at least 4 members (excludes halogenated alkanes) is 6. The van der Waals surface area contributed by atoms with E-state index >= 15 is 0 Å². The zero-order valence-electron chi connectivity index (χ0n) is 21.0. The van der Waals surface area contributed by atoms with Crippen LogP contribution in [0, 0.1) is 0 Å². The molecule has 0 aromatic heterocycles. The molecule has 0 spiro atoms. The Kier molecular flexibility index (Phi) is 10.5. The number of carbonyl (C=O) groups is 1. The topological polar surface area (TPSA) is 26.3 Å². The van der Waals surface area contributed by atoms with E-state index in [1.165, 1.54) is 101 Å². The highest BCUT2D eigenvalue weighted by Gasteiger charge is 2.33. The molecule has 2 nitrogen and oxygen atoms in total. The van der Waals surface area contributed by atoms with E-state index in [9.17, 15) is 4.79 Å². The van der Waals surface area contributed by atoms with Gasteiger partial charge in [0, 0.05) is 0 Å². The quantitative estimate of drug-likeness (QED) is 0.173. The summed E-state index contributed by atoms with van der Waals surface area (Å²) in [6, 6.07) is 16.4. The average Bonchev–Trinajstić information content (AvgIpc) is 2.85. The summed E-state index contributed by atoms with van der Waals surface area (Å²) in [6.07, 6.45) is 19.3. The lowest BCUT2D eigenvalue weighted by Gasteiger charge is -2.38. The minimum Gasteiger partial charge on any atom is -0.423 e. The van der Waals surface area contributed by atoms with Gasteiger partial charge in [-0.2, -0.15) is 0 Å². The number of rotatable bonds is 13. The van der Waals surface area contributed by atoms with E-state index in [0.29, 0.717) is 16.7 Å². The molecule has 0 saturated heterocycles. The minimum absolute atomic E-state index is 0.271. The molecular weight excluding hydrogens is 404 g/mol. The maximum atomic E-state index is 12.7. The predicted octanol–water partition coefficient (Wildman–Crippen LogP) is 9.20. The van der Waals surface area contributed by atoms with Crippen LogP contribution in [0.3, 0.4) is 0 Å². The smallest absolute Gasteiger partial charge is 0.343 e. The molecule has 2 aromatic carbocycles. The Morgan fingerprint density at radius 3 is 2.06 bits per heavy atom. The van der Waals surface area contributed by atoms with Gasteiger partial charge in [0.2, 0.25) is 0 Å². The first-order valence-electron chi connectivity index (χ1n) is 13.6. The Balaban J connectivity index is 1.55. The van der Waals surface area contributed by atoms with Crippen LogP contribution in [0.4, 0.5) is 0 Å². The summed E-state index contributed by atoms with van der Waals surface area (Å²) in [6.45, 7) is 4.52. The summed E-state index contributed by atoms with van der Waals surface area (Å²) in [5.41, 5.74) is 3.68. The number of hydrogen-bond donors (Lipinski definition) is 0. The van der Waals surface area contributed by atoms with Crippen molar-refractivity contribution >= 4 is 5.97 Å². The number of ether oxygens (including phenoxy) is 1. The lowest BCUT2D eigenvalue weighted by Crippen LogP contribution is -2.29. The molecule has 2 aromatic rings. The van der Waals surface area contributed by atoms with Gasteiger partial charge in [-0.3, -0.25) is 0 Å². The van der Waals surface area contributed by atoms with E-state index in [2.05, 4.69) is 38.1 Å². The molecule has 0 atom stereocenters. The van der Waals surface area contributed by atoms with Gasteiger partial charge >= 0.3 is 5.97 Å². The highest BCUT2D eigenvalue weighted by atomic mass is 16.5. The summed E-state index contributed by atoms with van der Waals surface area (Å²) in [7, 11) is 0. The first-order valence-corrected chi connectivity index (χ1v) is 13.6. The third-order valence-corrected chi connectivity index (χ3v) is 7.51. The standard InChI is InChI=1S/C31H44O2/c1-3-5-7-8-10-14-26-15-17-27(18-16-26)30(32)33-29-21-19-28(20-22-29)31(23-11-6-4-2)24-12-9-13-25-31/h15-22H,3-14,23-25H2,1-2H3. The van der Waals surface area contributed by atoms with Gasteiger partial charge in [-0.1, -0.05) is 102 Å². The average molecular weight is 449 g/mol. The SMILES string of the molecule is CCCCCCCc1ccc(C(=O)Oc2ccc(C3(CCCCC)CCCCC3)cc2)cc1. The molecule has 0 aliphatic heterocycles. The molecule has 1 saturated carbocycles. The fraction of sp³-hybridized carbons (Fsp3) is 0.581. The molecule has 3 rings (SSSR count). The molecular formula is C31H44O2. The second-order valence-corrected chi connectivity index (χ2v) is 10.1. The van der Waals surface area contributed by atoms with Crippen LogP contribution in [0.5, 0.6) is 5.75 Å². The van der Waals surface area contributed by atoms with E-state index < -0.39 is 0 Å². The van der Waals surface area contributed by atoms with E-state index in [1.54, 1.807) is 0 Å². The van der Waals surface area contributed by atoms with Crippen molar-refractivity contribution in [3.05, 3.63) is 65.2 Å². The zero-order chi connectivity index (χ0) is 23.4. The van der Waals surface area contributed by atoms with Crippen molar-refractivity contribution in [3.63, 3.8) is 0 Å². The maximum absolute atomic E-state index is 12.7. The van der Waals surface area contributed by atoms with Gasteiger partial charge < -0.3 is 4.74 Å².